The van der Waals surface area contributed by atoms with Crippen LogP contribution in [0.4, 0.5) is 4.39 Å². The highest BCUT2D eigenvalue weighted by atomic mass is 35.5. The first-order valence-electron chi connectivity index (χ1n) is 5.46. The number of hydrogen-bond acceptors (Lipinski definition) is 2. The molecule has 2 nitrogen and oxygen atoms in total. The van der Waals surface area contributed by atoms with Crippen LogP contribution in [0.2, 0.25) is 5.02 Å². The van der Waals surface area contributed by atoms with E-state index in [0.717, 1.165) is 31.5 Å². The molecule has 0 fully saturated rings. The molecule has 0 saturated heterocycles. The van der Waals surface area contributed by atoms with Gasteiger partial charge < -0.3 is 10.6 Å². The van der Waals surface area contributed by atoms with E-state index in [1.54, 1.807) is 12.1 Å². The van der Waals surface area contributed by atoms with Crippen molar-refractivity contribution in [2.75, 3.05) is 26.7 Å². The zero-order valence-corrected chi connectivity index (χ0v) is 10.3. The van der Waals surface area contributed by atoms with E-state index in [2.05, 4.69) is 4.90 Å². The van der Waals surface area contributed by atoms with Crippen molar-refractivity contribution in [3.8, 4) is 0 Å². The summed E-state index contributed by atoms with van der Waals surface area (Å²) in [6, 6.07) is 4.89. The van der Waals surface area contributed by atoms with Gasteiger partial charge in [-0.1, -0.05) is 17.7 Å². The van der Waals surface area contributed by atoms with E-state index in [1.807, 2.05) is 7.05 Å². The molecule has 0 aliphatic heterocycles. The lowest BCUT2D eigenvalue weighted by molar-refractivity contribution is 0.338. The number of halogens is 2. The van der Waals surface area contributed by atoms with Gasteiger partial charge in [-0.3, -0.25) is 0 Å². The van der Waals surface area contributed by atoms with E-state index in [1.165, 1.54) is 6.07 Å². The monoisotopic (exact) mass is 244 g/mol. The van der Waals surface area contributed by atoms with E-state index < -0.39 is 0 Å². The first-order valence-corrected chi connectivity index (χ1v) is 5.84. The maximum absolute atomic E-state index is 12.9. The Morgan fingerprint density at radius 3 is 2.75 bits per heavy atom. The third-order valence-electron chi connectivity index (χ3n) is 2.50. The Kier molecular flexibility index (Phi) is 5.74. The van der Waals surface area contributed by atoms with Gasteiger partial charge in [0.2, 0.25) is 0 Å². The Morgan fingerprint density at radius 2 is 2.12 bits per heavy atom. The van der Waals surface area contributed by atoms with Crippen molar-refractivity contribution in [3.05, 3.63) is 34.6 Å². The zero-order chi connectivity index (χ0) is 12.0. The van der Waals surface area contributed by atoms with Gasteiger partial charge in [0, 0.05) is 13.1 Å². The summed E-state index contributed by atoms with van der Waals surface area (Å²) in [4.78, 5) is 2.19. The van der Waals surface area contributed by atoms with Crippen LogP contribution in [0.1, 0.15) is 12.0 Å². The largest absolute Gasteiger partial charge is 0.329 e. The SMILES string of the molecule is CN(CCN)CCCc1ccc(F)c(Cl)c1. The summed E-state index contributed by atoms with van der Waals surface area (Å²) < 4.78 is 12.9. The molecule has 0 amide bonds. The zero-order valence-electron chi connectivity index (χ0n) is 9.55. The Morgan fingerprint density at radius 1 is 1.38 bits per heavy atom. The van der Waals surface area contributed by atoms with E-state index in [0.29, 0.717) is 6.54 Å². The fraction of sp³-hybridized carbons (Fsp3) is 0.500. The van der Waals surface area contributed by atoms with Crippen LogP contribution in [0, 0.1) is 5.82 Å². The van der Waals surface area contributed by atoms with Gasteiger partial charge in [-0.15, -0.1) is 0 Å². The molecule has 0 heterocycles. The summed E-state index contributed by atoms with van der Waals surface area (Å²) >= 11 is 5.70. The average molecular weight is 245 g/mol. The molecular weight excluding hydrogens is 227 g/mol. The van der Waals surface area contributed by atoms with Crippen LogP contribution in [-0.4, -0.2) is 31.6 Å². The van der Waals surface area contributed by atoms with Crippen LogP contribution in [0.15, 0.2) is 18.2 Å². The van der Waals surface area contributed by atoms with Crippen LogP contribution in [-0.2, 0) is 6.42 Å². The summed E-state index contributed by atoms with van der Waals surface area (Å²) in [7, 11) is 2.05. The van der Waals surface area contributed by atoms with Gasteiger partial charge in [0.1, 0.15) is 5.82 Å². The lowest BCUT2D eigenvalue weighted by Crippen LogP contribution is -2.26. The van der Waals surface area contributed by atoms with Crippen LogP contribution in [0.3, 0.4) is 0 Å². The second-order valence-corrected chi connectivity index (χ2v) is 4.35. The van der Waals surface area contributed by atoms with E-state index in [9.17, 15) is 4.39 Å². The molecule has 0 radical (unpaired) electrons. The molecule has 0 atom stereocenters. The van der Waals surface area contributed by atoms with E-state index >= 15 is 0 Å². The highest BCUT2D eigenvalue weighted by Crippen LogP contribution is 2.16. The molecule has 4 heteroatoms. The minimum atomic E-state index is -0.356. The predicted molar refractivity (Wildman–Crippen MR) is 66.3 cm³/mol. The number of nitrogens with two attached hydrogens (primary N) is 1. The van der Waals surface area contributed by atoms with Crippen LogP contribution >= 0.6 is 11.6 Å². The molecule has 16 heavy (non-hydrogen) atoms. The summed E-state index contributed by atoms with van der Waals surface area (Å²) in [5.74, 6) is -0.356. The van der Waals surface area contributed by atoms with Crippen molar-refractivity contribution in [1.82, 2.24) is 4.90 Å². The average Bonchev–Trinajstić information content (AvgIpc) is 2.24. The quantitative estimate of drug-likeness (QED) is 0.832. The van der Waals surface area contributed by atoms with Gasteiger partial charge in [0.25, 0.3) is 0 Å². The molecule has 1 rings (SSSR count). The summed E-state index contributed by atoms with van der Waals surface area (Å²) in [5, 5.41) is 0.202. The summed E-state index contributed by atoms with van der Waals surface area (Å²) in [5.41, 5.74) is 6.52. The Labute approximate surface area is 101 Å². The van der Waals surface area contributed by atoms with Gasteiger partial charge in [-0.25, -0.2) is 4.39 Å². The molecule has 0 aliphatic carbocycles. The standard InChI is InChI=1S/C12H18ClFN2/c1-16(8-6-15)7-2-3-10-4-5-12(14)11(13)9-10/h4-5,9H,2-3,6-8,15H2,1H3. The fourth-order valence-corrected chi connectivity index (χ4v) is 1.78. The first-order chi connectivity index (χ1) is 7.63. The van der Waals surface area contributed by atoms with Gasteiger partial charge in [0.05, 0.1) is 5.02 Å². The highest BCUT2D eigenvalue weighted by Gasteiger charge is 2.02. The van der Waals surface area contributed by atoms with Gasteiger partial charge in [-0.05, 0) is 44.1 Å². The molecule has 1 aromatic carbocycles. The molecule has 0 unspecified atom stereocenters. The lowest BCUT2D eigenvalue weighted by Gasteiger charge is -2.14. The molecule has 0 aliphatic rings. The third-order valence-corrected chi connectivity index (χ3v) is 2.79. The maximum atomic E-state index is 12.9. The molecule has 1 aromatic rings. The number of aryl methyl sites for hydroxylation is 1. The molecule has 0 aromatic heterocycles. The highest BCUT2D eigenvalue weighted by molar-refractivity contribution is 6.30. The van der Waals surface area contributed by atoms with Crippen LogP contribution in [0.25, 0.3) is 0 Å². The van der Waals surface area contributed by atoms with Crippen molar-refractivity contribution in [2.45, 2.75) is 12.8 Å². The topological polar surface area (TPSA) is 29.3 Å². The lowest BCUT2D eigenvalue weighted by atomic mass is 10.1. The smallest absolute Gasteiger partial charge is 0.141 e. The van der Waals surface area contributed by atoms with Crippen molar-refractivity contribution in [3.63, 3.8) is 0 Å². The fourth-order valence-electron chi connectivity index (χ4n) is 1.58. The number of nitrogens with zero attached hydrogens (tertiary/aromatic N) is 1. The number of hydrogen-bond donors (Lipinski definition) is 1. The van der Waals surface area contributed by atoms with Crippen molar-refractivity contribution in [1.29, 1.82) is 0 Å². The Bertz CT molecular complexity index is 331. The molecule has 0 bridgehead atoms. The first kappa shape index (κ1) is 13.4. The number of benzene rings is 1. The third kappa shape index (κ3) is 4.47. The Balaban J connectivity index is 2.34. The number of likely N-dealkylation sites (N-methyl/N-ethyl adjacent to an activating group) is 1. The minimum absolute atomic E-state index is 0.202. The second kappa shape index (κ2) is 6.84. The van der Waals surface area contributed by atoms with Crippen molar-refractivity contribution in [2.24, 2.45) is 5.73 Å². The minimum Gasteiger partial charge on any atom is -0.329 e. The summed E-state index contributed by atoms with van der Waals surface area (Å²) in [6.45, 7) is 2.58. The molecule has 2 N–H and O–H groups in total. The number of rotatable bonds is 6. The van der Waals surface area contributed by atoms with Crippen LogP contribution < -0.4 is 5.73 Å². The van der Waals surface area contributed by atoms with Gasteiger partial charge >= 0.3 is 0 Å². The molecular formula is C12H18ClFN2. The van der Waals surface area contributed by atoms with Gasteiger partial charge in [-0.2, -0.15) is 0 Å². The van der Waals surface area contributed by atoms with Gasteiger partial charge in [0.15, 0.2) is 0 Å². The van der Waals surface area contributed by atoms with Crippen LogP contribution in [0.5, 0.6) is 0 Å². The van der Waals surface area contributed by atoms with Crippen molar-refractivity contribution >= 4 is 11.6 Å². The summed E-state index contributed by atoms with van der Waals surface area (Å²) in [6.07, 6.45) is 1.94. The predicted octanol–water partition coefficient (Wildman–Crippen LogP) is 2.30. The second-order valence-electron chi connectivity index (χ2n) is 3.94. The Hall–Kier alpha value is -0.640. The molecule has 0 saturated carbocycles. The molecule has 0 spiro atoms. The van der Waals surface area contributed by atoms with E-state index in [4.69, 9.17) is 17.3 Å². The maximum Gasteiger partial charge on any atom is 0.141 e. The van der Waals surface area contributed by atoms with Crippen molar-refractivity contribution < 1.29 is 4.39 Å². The molecule has 90 valence electrons. The van der Waals surface area contributed by atoms with E-state index in [-0.39, 0.29) is 10.8 Å². The normalized spacial score (nSPS) is 11.1.